The zero-order valence-corrected chi connectivity index (χ0v) is 15.2. The molecular formula is C16H20ClN5O4. The predicted molar refractivity (Wildman–Crippen MR) is 94.2 cm³/mol. The molecule has 0 spiro atoms. The molecule has 0 radical (unpaired) electrons. The van der Waals surface area contributed by atoms with E-state index < -0.39 is 5.91 Å². The Morgan fingerprint density at radius 1 is 1.54 bits per heavy atom. The van der Waals surface area contributed by atoms with Crippen molar-refractivity contribution in [1.82, 2.24) is 20.4 Å². The van der Waals surface area contributed by atoms with Crippen LogP contribution in [0, 0.1) is 0 Å². The Balaban J connectivity index is 1.87. The largest absolute Gasteiger partial charge is 0.493 e. The van der Waals surface area contributed by atoms with Crippen LogP contribution in [0.1, 0.15) is 11.9 Å². The topological polar surface area (TPSA) is 116 Å². The first-order valence-electron chi connectivity index (χ1n) is 8.03. The Kier molecular flexibility index (Phi) is 5.60. The van der Waals surface area contributed by atoms with E-state index in [2.05, 4.69) is 20.4 Å². The standard InChI is InChI=1S/C16H20ClN5O4/c1-22-4-3-19-7-11(22)15-20-16(26-21-15)9-5-10(17)14(12(6-9)24-2)25-8-13(18)23/h5-6,11,19H,3-4,7-8H2,1-2H3,(H2,18,23). The minimum absolute atomic E-state index is 0.0387. The van der Waals surface area contributed by atoms with Gasteiger partial charge in [0, 0.05) is 25.2 Å². The number of rotatable bonds is 6. The number of likely N-dealkylation sites (N-methyl/N-ethyl adjacent to an activating group) is 1. The number of primary amides is 1. The molecule has 3 rings (SSSR count). The molecular weight excluding hydrogens is 362 g/mol. The summed E-state index contributed by atoms with van der Waals surface area (Å²) >= 11 is 6.26. The summed E-state index contributed by atoms with van der Waals surface area (Å²) in [7, 11) is 3.49. The van der Waals surface area contributed by atoms with Crippen molar-refractivity contribution in [3.8, 4) is 23.0 Å². The number of nitrogens with one attached hydrogen (secondary N) is 1. The number of aromatic nitrogens is 2. The molecule has 9 nitrogen and oxygen atoms in total. The van der Waals surface area contributed by atoms with Crippen LogP contribution in [-0.4, -0.2) is 61.3 Å². The van der Waals surface area contributed by atoms with Gasteiger partial charge in [-0.1, -0.05) is 16.8 Å². The first kappa shape index (κ1) is 18.4. The highest BCUT2D eigenvalue weighted by Crippen LogP contribution is 2.39. The molecule has 0 bridgehead atoms. The molecule has 0 aliphatic carbocycles. The van der Waals surface area contributed by atoms with E-state index in [1.807, 2.05) is 7.05 Å². The molecule has 1 saturated heterocycles. The van der Waals surface area contributed by atoms with Crippen LogP contribution in [0.4, 0.5) is 0 Å². The van der Waals surface area contributed by atoms with Crippen molar-refractivity contribution in [2.45, 2.75) is 6.04 Å². The second kappa shape index (κ2) is 7.90. The van der Waals surface area contributed by atoms with Gasteiger partial charge in [-0.3, -0.25) is 9.69 Å². The van der Waals surface area contributed by atoms with Crippen molar-refractivity contribution in [2.24, 2.45) is 5.73 Å². The number of hydrogen-bond acceptors (Lipinski definition) is 8. The molecule has 1 aromatic heterocycles. The summed E-state index contributed by atoms with van der Waals surface area (Å²) in [6, 6.07) is 3.31. The lowest BCUT2D eigenvalue weighted by atomic mass is 10.2. The van der Waals surface area contributed by atoms with Gasteiger partial charge in [-0.15, -0.1) is 0 Å². The number of methoxy groups -OCH3 is 1. The molecule has 0 saturated carbocycles. The van der Waals surface area contributed by atoms with Crippen molar-refractivity contribution in [3.63, 3.8) is 0 Å². The third-order valence-corrected chi connectivity index (χ3v) is 4.37. The van der Waals surface area contributed by atoms with Gasteiger partial charge in [-0.25, -0.2) is 0 Å². The van der Waals surface area contributed by atoms with Crippen LogP contribution in [-0.2, 0) is 4.79 Å². The Labute approximate surface area is 155 Å². The van der Waals surface area contributed by atoms with Gasteiger partial charge < -0.3 is 25.0 Å². The molecule has 1 fully saturated rings. The Hall–Kier alpha value is -2.36. The minimum atomic E-state index is -0.612. The van der Waals surface area contributed by atoms with E-state index in [9.17, 15) is 4.79 Å². The number of piperazine rings is 1. The molecule has 1 amide bonds. The fraction of sp³-hybridized carbons (Fsp3) is 0.438. The summed E-state index contributed by atoms with van der Waals surface area (Å²) in [4.78, 5) is 17.6. The number of hydrogen-bond donors (Lipinski definition) is 2. The molecule has 1 aliphatic rings. The fourth-order valence-electron chi connectivity index (χ4n) is 2.71. The first-order chi connectivity index (χ1) is 12.5. The lowest BCUT2D eigenvalue weighted by Crippen LogP contribution is -2.44. The fourth-order valence-corrected chi connectivity index (χ4v) is 2.97. The number of halogens is 1. The van der Waals surface area contributed by atoms with Crippen molar-refractivity contribution < 1.29 is 18.8 Å². The van der Waals surface area contributed by atoms with Crippen molar-refractivity contribution in [3.05, 3.63) is 23.0 Å². The van der Waals surface area contributed by atoms with Crippen LogP contribution >= 0.6 is 11.6 Å². The van der Waals surface area contributed by atoms with E-state index in [0.29, 0.717) is 23.0 Å². The molecule has 10 heteroatoms. The second-order valence-corrected chi connectivity index (χ2v) is 6.31. The predicted octanol–water partition coefficient (Wildman–Crippen LogP) is 0.839. The van der Waals surface area contributed by atoms with Crippen LogP contribution in [0.2, 0.25) is 5.02 Å². The lowest BCUT2D eigenvalue weighted by molar-refractivity contribution is -0.119. The maximum atomic E-state index is 10.9. The smallest absolute Gasteiger partial charge is 0.258 e. The lowest BCUT2D eigenvalue weighted by Gasteiger charge is -2.30. The highest BCUT2D eigenvalue weighted by molar-refractivity contribution is 6.32. The van der Waals surface area contributed by atoms with E-state index in [1.165, 1.54) is 7.11 Å². The highest BCUT2D eigenvalue weighted by Gasteiger charge is 2.26. The van der Waals surface area contributed by atoms with Crippen LogP contribution in [0.15, 0.2) is 16.7 Å². The number of nitrogens with two attached hydrogens (primary N) is 1. The normalized spacial score (nSPS) is 17.9. The van der Waals surface area contributed by atoms with E-state index in [0.717, 1.165) is 19.6 Å². The second-order valence-electron chi connectivity index (χ2n) is 5.90. The number of carbonyl (C=O) groups excluding carboxylic acids is 1. The van der Waals surface area contributed by atoms with E-state index in [-0.39, 0.29) is 23.4 Å². The Morgan fingerprint density at radius 3 is 3.04 bits per heavy atom. The van der Waals surface area contributed by atoms with E-state index >= 15 is 0 Å². The summed E-state index contributed by atoms with van der Waals surface area (Å²) in [5, 5.41) is 7.65. The average molecular weight is 382 g/mol. The van der Waals surface area contributed by atoms with Crippen LogP contribution < -0.4 is 20.5 Å². The van der Waals surface area contributed by atoms with Gasteiger partial charge in [0.1, 0.15) is 0 Å². The number of nitrogens with zero attached hydrogens (tertiary/aromatic N) is 3. The summed E-state index contributed by atoms with van der Waals surface area (Å²) in [6.45, 7) is 2.28. The molecule has 1 atom stereocenters. The van der Waals surface area contributed by atoms with Gasteiger partial charge in [0.2, 0.25) is 0 Å². The van der Waals surface area contributed by atoms with Crippen LogP contribution in [0.3, 0.4) is 0 Å². The third-order valence-electron chi connectivity index (χ3n) is 4.09. The zero-order valence-electron chi connectivity index (χ0n) is 14.5. The average Bonchev–Trinajstić information content (AvgIpc) is 3.10. The van der Waals surface area contributed by atoms with Crippen molar-refractivity contribution in [2.75, 3.05) is 40.4 Å². The molecule has 1 aliphatic heterocycles. The molecule has 2 aromatic rings. The van der Waals surface area contributed by atoms with Crippen molar-refractivity contribution in [1.29, 1.82) is 0 Å². The van der Waals surface area contributed by atoms with Gasteiger partial charge in [0.05, 0.1) is 18.2 Å². The molecule has 2 heterocycles. The Bertz CT molecular complexity index is 797. The molecule has 1 aromatic carbocycles. The molecule has 26 heavy (non-hydrogen) atoms. The maximum Gasteiger partial charge on any atom is 0.258 e. The highest BCUT2D eigenvalue weighted by atomic mass is 35.5. The Morgan fingerprint density at radius 2 is 2.35 bits per heavy atom. The van der Waals surface area contributed by atoms with Gasteiger partial charge in [0.25, 0.3) is 11.8 Å². The van der Waals surface area contributed by atoms with Gasteiger partial charge in [-0.05, 0) is 19.2 Å². The van der Waals surface area contributed by atoms with Crippen molar-refractivity contribution >= 4 is 17.5 Å². The van der Waals surface area contributed by atoms with Crippen LogP contribution in [0.5, 0.6) is 11.5 Å². The zero-order chi connectivity index (χ0) is 18.7. The minimum Gasteiger partial charge on any atom is -0.493 e. The number of amides is 1. The molecule has 1 unspecified atom stereocenters. The summed E-state index contributed by atoms with van der Waals surface area (Å²) in [5.74, 6) is 0.871. The SMILES string of the molecule is COc1cc(-c2nc(C3CNCCN3C)no2)cc(Cl)c1OCC(N)=O. The van der Waals surface area contributed by atoms with Gasteiger partial charge in [-0.2, -0.15) is 4.98 Å². The van der Waals surface area contributed by atoms with E-state index in [1.54, 1.807) is 12.1 Å². The quantitative estimate of drug-likeness (QED) is 0.756. The third kappa shape index (κ3) is 3.90. The number of benzene rings is 1. The molecule has 140 valence electrons. The number of ether oxygens (including phenoxy) is 2. The summed E-state index contributed by atoms with van der Waals surface area (Å²) < 4.78 is 16.0. The first-order valence-corrected chi connectivity index (χ1v) is 8.41. The maximum absolute atomic E-state index is 10.9. The monoisotopic (exact) mass is 381 g/mol. The van der Waals surface area contributed by atoms with E-state index in [4.69, 9.17) is 31.3 Å². The molecule has 3 N–H and O–H groups in total. The van der Waals surface area contributed by atoms with Crippen LogP contribution in [0.25, 0.3) is 11.5 Å². The van der Waals surface area contributed by atoms with Gasteiger partial charge in [0.15, 0.2) is 23.9 Å². The number of carbonyl (C=O) groups is 1. The summed E-state index contributed by atoms with van der Waals surface area (Å²) in [6.07, 6.45) is 0. The summed E-state index contributed by atoms with van der Waals surface area (Å²) in [5.41, 5.74) is 5.68. The van der Waals surface area contributed by atoms with Gasteiger partial charge >= 0.3 is 0 Å².